The van der Waals surface area contributed by atoms with Crippen LogP contribution in [0.4, 0.5) is 0 Å². The summed E-state index contributed by atoms with van der Waals surface area (Å²) in [5, 5.41) is 2.91. The number of sulfonamides is 1. The van der Waals surface area contributed by atoms with E-state index < -0.39 is 28.4 Å². The van der Waals surface area contributed by atoms with Gasteiger partial charge in [-0.25, -0.2) is 12.7 Å². The van der Waals surface area contributed by atoms with Gasteiger partial charge in [0.2, 0.25) is 5.91 Å². The van der Waals surface area contributed by atoms with Gasteiger partial charge in [-0.15, -0.1) is 0 Å². The summed E-state index contributed by atoms with van der Waals surface area (Å²) >= 11 is 0. The van der Waals surface area contributed by atoms with Crippen molar-refractivity contribution in [3.63, 3.8) is 0 Å². The lowest BCUT2D eigenvalue weighted by atomic mass is 10.0. The van der Waals surface area contributed by atoms with Crippen molar-refractivity contribution >= 4 is 21.8 Å². The number of rotatable bonds is 6. The molecular formula is C20H20N2O5S. The molecule has 0 radical (unpaired) electrons. The van der Waals surface area contributed by atoms with E-state index in [1.54, 1.807) is 19.2 Å². The largest absolute Gasteiger partial charge is 0.497 e. The molecule has 1 N–H and O–H groups in total. The van der Waals surface area contributed by atoms with Crippen LogP contribution in [0.3, 0.4) is 0 Å². The van der Waals surface area contributed by atoms with Crippen molar-refractivity contribution in [1.82, 2.24) is 9.62 Å². The molecule has 0 spiro atoms. The predicted octanol–water partition coefficient (Wildman–Crippen LogP) is 2.11. The Hall–Kier alpha value is -2.87. The molecule has 8 heteroatoms. The van der Waals surface area contributed by atoms with Gasteiger partial charge in [-0.2, -0.15) is 0 Å². The van der Waals surface area contributed by atoms with Crippen LogP contribution in [-0.4, -0.2) is 38.2 Å². The van der Waals surface area contributed by atoms with E-state index in [9.17, 15) is 18.0 Å². The summed E-state index contributed by atoms with van der Waals surface area (Å²) < 4.78 is 31.0. The molecule has 0 bridgehead atoms. The Bertz CT molecular complexity index is 1030. The third-order valence-corrected chi connectivity index (χ3v) is 6.87. The zero-order valence-corrected chi connectivity index (χ0v) is 16.1. The first kappa shape index (κ1) is 18.5. The first-order valence-electron chi connectivity index (χ1n) is 9.01. The molecule has 1 heterocycles. The highest BCUT2D eigenvalue weighted by Gasteiger charge is 2.42. The number of hydrogen-bond acceptors (Lipinski definition) is 5. The van der Waals surface area contributed by atoms with E-state index in [-0.39, 0.29) is 16.5 Å². The molecule has 1 atom stereocenters. The van der Waals surface area contributed by atoms with Crippen molar-refractivity contribution in [3.05, 3.63) is 59.7 Å². The molecule has 1 aliphatic heterocycles. The van der Waals surface area contributed by atoms with Crippen molar-refractivity contribution in [2.75, 3.05) is 13.7 Å². The van der Waals surface area contributed by atoms with Crippen molar-refractivity contribution in [3.8, 4) is 5.75 Å². The van der Waals surface area contributed by atoms with E-state index in [1.807, 2.05) is 24.3 Å². The molecule has 2 aromatic carbocycles. The van der Waals surface area contributed by atoms with Crippen molar-refractivity contribution in [2.24, 2.45) is 5.92 Å². The minimum atomic E-state index is -4.00. The van der Waals surface area contributed by atoms with E-state index in [2.05, 4.69) is 5.32 Å². The fraction of sp³-hybridized carbons (Fsp3) is 0.300. The van der Waals surface area contributed by atoms with Crippen LogP contribution >= 0.6 is 0 Å². The van der Waals surface area contributed by atoms with Gasteiger partial charge in [0.1, 0.15) is 17.2 Å². The third kappa shape index (κ3) is 3.24. The smallest absolute Gasteiger partial charge is 0.269 e. The third-order valence-electron chi connectivity index (χ3n) is 5.08. The summed E-state index contributed by atoms with van der Waals surface area (Å²) in [6.07, 6.45) is 1.98. The second kappa shape index (κ2) is 6.94. The monoisotopic (exact) mass is 400 g/mol. The number of nitrogens with zero attached hydrogens (tertiary/aromatic N) is 1. The maximum absolute atomic E-state index is 12.6. The average Bonchev–Trinajstić information content (AvgIpc) is 3.52. The summed E-state index contributed by atoms with van der Waals surface area (Å²) in [4.78, 5) is 25.0. The minimum Gasteiger partial charge on any atom is -0.497 e. The first-order chi connectivity index (χ1) is 13.4. The lowest BCUT2D eigenvalue weighted by Crippen LogP contribution is -2.42. The number of hydrogen-bond donors (Lipinski definition) is 1. The van der Waals surface area contributed by atoms with Crippen LogP contribution in [0.2, 0.25) is 0 Å². The lowest BCUT2D eigenvalue weighted by molar-refractivity contribution is -0.121. The molecule has 0 saturated heterocycles. The molecule has 2 aromatic rings. The molecule has 146 valence electrons. The van der Waals surface area contributed by atoms with Crippen molar-refractivity contribution < 1.29 is 22.7 Å². The van der Waals surface area contributed by atoms with Gasteiger partial charge in [0.15, 0.2) is 0 Å². The number of carbonyl (C=O) groups is 2. The molecule has 0 aromatic heterocycles. The summed E-state index contributed by atoms with van der Waals surface area (Å²) in [6, 6.07) is 13.2. The van der Waals surface area contributed by atoms with E-state index >= 15 is 0 Å². The highest BCUT2D eigenvalue weighted by atomic mass is 32.2. The normalized spacial score (nSPS) is 18.5. The number of methoxy groups -OCH3 is 1. The van der Waals surface area contributed by atoms with Crippen LogP contribution in [-0.2, 0) is 14.8 Å². The van der Waals surface area contributed by atoms with Crippen LogP contribution in [0.1, 0.15) is 34.8 Å². The van der Waals surface area contributed by atoms with Gasteiger partial charge in [-0.05, 0) is 48.6 Å². The molecule has 28 heavy (non-hydrogen) atoms. The minimum absolute atomic E-state index is 0.0540. The maximum Gasteiger partial charge on any atom is 0.269 e. The summed E-state index contributed by atoms with van der Waals surface area (Å²) in [7, 11) is -2.41. The summed E-state index contributed by atoms with van der Waals surface area (Å²) in [5.41, 5.74) is 1.03. The van der Waals surface area contributed by atoms with Crippen LogP contribution in [0.5, 0.6) is 5.75 Å². The van der Waals surface area contributed by atoms with Crippen molar-refractivity contribution in [1.29, 1.82) is 0 Å². The van der Waals surface area contributed by atoms with Gasteiger partial charge >= 0.3 is 0 Å². The predicted molar refractivity (Wildman–Crippen MR) is 101 cm³/mol. The lowest BCUT2D eigenvalue weighted by Gasteiger charge is -2.21. The molecule has 1 saturated carbocycles. The van der Waals surface area contributed by atoms with Gasteiger partial charge in [0.05, 0.1) is 18.7 Å². The fourth-order valence-electron chi connectivity index (χ4n) is 3.45. The maximum atomic E-state index is 12.6. The van der Waals surface area contributed by atoms with Gasteiger partial charge < -0.3 is 10.1 Å². The Balaban J connectivity index is 1.51. The van der Waals surface area contributed by atoms with E-state index in [4.69, 9.17) is 4.74 Å². The SMILES string of the molecule is COc1ccc(C(NC(=O)CN2C(=O)c3ccccc3S2(=O)=O)C2CC2)cc1. The topological polar surface area (TPSA) is 92.8 Å². The Kier molecular flexibility index (Phi) is 4.58. The van der Waals surface area contributed by atoms with Crippen LogP contribution in [0.25, 0.3) is 0 Å². The van der Waals surface area contributed by atoms with E-state index in [1.165, 1.54) is 12.1 Å². The summed E-state index contributed by atoms with van der Waals surface area (Å²) in [6.45, 7) is -0.533. The Morgan fingerprint density at radius 2 is 1.86 bits per heavy atom. The number of benzene rings is 2. The highest BCUT2D eigenvalue weighted by molar-refractivity contribution is 7.90. The molecule has 4 rings (SSSR count). The Labute approximate surface area is 163 Å². The van der Waals surface area contributed by atoms with Gasteiger partial charge in [-0.3, -0.25) is 9.59 Å². The quantitative estimate of drug-likeness (QED) is 0.802. The fourth-order valence-corrected chi connectivity index (χ4v) is 4.98. The van der Waals surface area contributed by atoms with Gasteiger partial charge in [0, 0.05) is 0 Å². The molecule has 1 aliphatic carbocycles. The first-order valence-corrected chi connectivity index (χ1v) is 10.5. The zero-order chi connectivity index (χ0) is 19.9. The van der Waals surface area contributed by atoms with Crippen LogP contribution in [0.15, 0.2) is 53.4 Å². The molecule has 2 amide bonds. The zero-order valence-electron chi connectivity index (χ0n) is 15.3. The Morgan fingerprint density at radius 1 is 1.18 bits per heavy atom. The Morgan fingerprint density at radius 3 is 2.46 bits per heavy atom. The van der Waals surface area contributed by atoms with E-state index in [0.717, 1.165) is 24.2 Å². The van der Waals surface area contributed by atoms with Gasteiger partial charge in [-0.1, -0.05) is 24.3 Å². The van der Waals surface area contributed by atoms with Gasteiger partial charge in [0.25, 0.3) is 15.9 Å². The summed E-state index contributed by atoms with van der Waals surface area (Å²) in [5.74, 6) is -0.146. The second-order valence-corrected chi connectivity index (χ2v) is 8.80. The van der Waals surface area contributed by atoms with Crippen LogP contribution in [0, 0.1) is 5.92 Å². The second-order valence-electron chi connectivity index (χ2n) is 6.97. The molecular weight excluding hydrogens is 380 g/mol. The van der Waals surface area contributed by atoms with Crippen LogP contribution < -0.4 is 10.1 Å². The number of nitrogens with one attached hydrogen (secondary N) is 1. The molecule has 2 aliphatic rings. The average molecular weight is 400 g/mol. The number of fused-ring (bicyclic) bond motifs is 1. The number of ether oxygens (including phenoxy) is 1. The number of amides is 2. The van der Waals surface area contributed by atoms with E-state index in [0.29, 0.717) is 10.2 Å². The van der Waals surface area contributed by atoms with Crippen molar-refractivity contribution in [2.45, 2.75) is 23.8 Å². The standard InChI is InChI=1S/C20H20N2O5S/c1-27-15-10-8-14(9-11-15)19(13-6-7-13)21-18(23)12-22-20(24)16-4-2-3-5-17(16)28(22,25)26/h2-5,8-11,13,19H,6-7,12H2,1H3,(H,21,23). The highest BCUT2D eigenvalue weighted by Crippen LogP contribution is 2.41. The molecule has 7 nitrogen and oxygen atoms in total. The molecule has 1 unspecified atom stereocenters. The number of carbonyl (C=O) groups excluding carboxylic acids is 2. The molecule has 1 fully saturated rings.